The van der Waals surface area contributed by atoms with Crippen molar-refractivity contribution in [2.75, 3.05) is 0 Å². The minimum Gasteiger partial charge on any atom is -0.303 e. The molecule has 0 bridgehead atoms. The first-order valence-corrected chi connectivity index (χ1v) is 6.37. The molecule has 1 atom stereocenters. The second kappa shape index (κ2) is 6.13. The minimum absolute atomic E-state index is 0.179. The second-order valence-electron chi connectivity index (χ2n) is 3.84. The van der Waals surface area contributed by atoms with E-state index in [1.807, 2.05) is 12.1 Å². The number of hydrogen-bond acceptors (Lipinski definition) is 4. The van der Waals surface area contributed by atoms with E-state index in [2.05, 4.69) is 32.9 Å². The first-order chi connectivity index (χ1) is 8.70. The Kier molecular flexibility index (Phi) is 4.52. The topological polar surface area (TPSA) is 66.5 Å². The largest absolute Gasteiger partial charge is 0.303 e. The van der Waals surface area contributed by atoms with Crippen molar-refractivity contribution in [3.05, 3.63) is 39.6 Å². The quantitative estimate of drug-likeness (QED) is 0.887. The van der Waals surface area contributed by atoms with Crippen LogP contribution in [0, 0.1) is 0 Å². The van der Waals surface area contributed by atoms with Gasteiger partial charge in [-0.1, -0.05) is 41.4 Å². The zero-order valence-corrected chi connectivity index (χ0v) is 11.3. The predicted molar refractivity (Wildman–Crippen MR) is 70.5 cm³/mol. The van der Waals surface area contributed by atoms with Gasteiger partial charge < -0.3 is 5.32 Å². The normalized spacial score (nSPS) is 12.6. The third-order valence-corrected chi connectivity index (χ3v) is 3.39. The van der Waals surface area contributed by atoms with Crippen LogP contribution in [0.2, 0.25) is 10.0 Å². The third kappa shape index (κ3) is 3.19. The standard InChI is InChI=1S/C11H13Cl2N5/c1-2-10(14-6-11-15-17-18-16-11)7-3-4-8(12)9(13)5-7/h3-5,10,14H,2,6H2,1H3,(H,15,16,17,18). The van der Waals surface area contributed by atoms with Crippen LogP contribution < -0.4 is 5.32 Å². The summed E-state index contributed by atoms with van der Waals surface area (Å²) in [4.78, 5) is 0. The van der Waals surface area contributed by atoms with Gasteiger partial charge in [0.2, 0.25) is 0 Å². The van der Waals surface area contributed by atoms with E-state index in [0.717, 1.165) is 12.0 Å². The van der Waals surface area contributed by atoms with Gasteiger partial charge in [-0.25, -0.2) is 0 Å². The highest BCUT2D eigenvalue weighted by Gasteiger charge is 2.11. The highest BCUT2D eigenvalue weighted by molar-refractivity contribution is 6.42. The van der Waals surface area contributed by atoms with E-state index in [1.54, 1.807) is 6.07 Å². The van der Waals surface area contributed by atoms with E-state index < -0.39 is 0 Å². The van der Waals surface area contributed by atoms with Crippen molar-refractivity contribution >= 4 is 23.2 Å². The van der Waals surface area contributed by atoms with E-state index in [9.17, 15) is 0 Å². The lowest BCUT2D eigenvalue weighted by atomic mass is 10.0. The van der Waals surface area contributed by atoms with Gasteiger partial charge in [0.05, 0.1) is 16.6 Å². The van der Waals surface area contributed by atoms with Gasteiger partial charge in [0.25, 0.3) is 0 Å². The maximum absolute atomic E-state index is 6.02. The highest BCUT2D eigenvalue weighted by atomic mass is 35.5. The number of aromatic amines is 1. The fourth-order valence-electron chi connectivity index (χ4n) is 1.70. The van der Waals surface area contributed by atoms with E-state index in [0.29, 0.717) is 22.4 Å². The summed E-state index contributed by atoms with van der Waals surface area (Å²) in [6.07, 6.45) is 0.926. The fraction of sp³-hybridized carbons (Fsp3) is 0.364. The zero-order chi connectivity index (χ0) is 13.0. The van der Waals surface area contributed by atoms with Crippen molar-refractivity contribution in [2.45, 2.75) is 25.9 Å². The van der Waals surface area contributed by atoms with Gasteiger partial charge in [-0.2, -0.15) is 5.21 Å². The number of aromatic nitrogens is 4. The summed E-state index contributed by atoms with van der Waals surface area (Å²) in [6.45, 7) is 2.64. The maximum atomic E-state index is 6.02. The number of benzene rings is 1. The van der Waals surface area contributed by atoms with E-state index >= 15 is 0 Å². The molecule has 0 aliphatic carbocycles. The first kappa shape index (κ1) is 13.3. The number of H-pyrrole nitrogens is 1. The van der Waals surface area contributed by atoms with Crippen LogP contribution in [0.4, 0.5) is 0 Å². The number of tetrazole rings is 1. The van der Waals surface area contributed by atoms with Crippen molar-refractivity contribution < 1.29 is 0 Å². The van der Waals surface area contributed by atoms with Crippen LogP contribution in [0.5, 0.6) is 0 Å². The van der Waals surface area contributed by atoms with E-state index in [1.165, 1.54) is 0 Å². The Hall–Kier alpha value is -1.17. The van der Waals surface area contributed by atoms with E-state index in [4.69, 9.17) is 23.2 Å². The van der Waals surface area contributed by atoms with Gasteiger partial charge >= 0.3 is 0 Å². The number of hydrogen-bond donors (Lipinski definition) is 2. The lowest BCUT2D eigenvalue weighted by Crippen LogP contribution is -2.21. The molecule has 96 valence electrons. The van der Waals surface area contributed by atoms with Gasteiger partial charge in [0.15, 0.2) is 5.82 Å². The summed E-state index contributed by atoms with van der Waals surface area (Å²) in [5, 5.41) is 18.2. The molecule has 2 N–H and O–H groups in total. The van der Waals surface area contributed by atoms with Crippen LogP contribution in [-0.4, -0.2) is 20.6 Å². The van der Waals surface area contributed by atoms with Crippen molar-refractivity contribution in [3.8, 4) is 0 Å². The Morgan fingerprint density at radius 1 is 1.33 bits per heavy atom. The molecule has 2 aromatic rings. The van der Waals surface area contributed by atoms with Crippen LogP contribution in [0.1, 0.15) is 30.8 Å². The Morgan fingerprint density at radius 2 is 2.17 bits per heavy atom. The summed E-state index contributed by atoms with van der Waals surface area (Å²) in [5.41, 5.74) is 1.09. The van der Waals surface area contributed by atoms with Crippen LogP contribution >= 0.6 is 23.2 Å². The number of halogens is 2. The zero-order valence-electron chi connectivity index (χ0n) is 9.82. The van der Waals surface area contributed by atoms with Gasteiger partial charge in [0.1, 0.15) is 0 Å². The molecule has 7 heteroatoms. The summed E-state index contributed by atoms with van der Waals surface area (Å²) in [7, 11) is 0. The molecule has 1 heterocycles. The Morgan fingerprint density at radius 3 is 2.78 bits per heavy atom. The number of rotatable bonds is 5. The van der Waals surface area contributed by atoms with Crippen LogP contribution in [0.3, 0.4) is 0 Å². The molecule has 0 saturated heterocycles. The molecule has 0 amide bonds. The highest BCUT2D eigenvalue weighted by Crippen LogP contribution is 2.26. The molecule has 1 unspecified atom stereocenters. The average Bonchev–Trinajstić information content (AvgIpc) is 2.87. The van der Waals surface area contributed by atoms with Gasteiger partial charge in [0, 0.05) is 6.04 Å². The maximum Gasteiger partial charge on any atom is 0.188 e. The predicted octanol–water partition coefficient (Wildman–Crippen LogP) is 2.75. The summed E-state index contributed by atoms with van der Waals surface area (Å²) in [6, 6.07) is 5.82. The molecule has 1 aromatic carbocycles. The lowest BCUT2D eigenvalue weighted by molar-refractivity contribution is 0.508. The van der Waals surface area contributed by atoms with Crippen molar-refractivity contribution in [3.63, 3.8) is 0 Å². The molecule has 18 heavy (non-hydrogen) atoms. The molecule has 0 aliphatic rings. The summed E-state index contributed by atoms with van der Waals surface area (Å²) in [5.74, 6) is 0.633. The van der Waals surface area contributed by atoms with Crippen LogP contribution in [0.25, 0.3) is 0 Å². The number of nitrogens with zero attached hydrogens (tertiary/aromatic N) is 3. The van der Waals surface area contributed by atoms with Crippen molar-refractivity contribution in [2.24, 2.45) is 0 Å². The molecule has 0 saturated carbocycles. The molecule has 0 spiro atoms. The summed E-state index contributed by atoms with van der Waals surface area (Å²) >= 11 is 11.9. The molecule has 0 radical (unpaired) electrons. The van der Waals surface area contributed by atoms with Gasteiger partial charge in [-0.05, 0) is 24.1 Å². The fourth-order valence-corrected chi connectivity index (χ4v) is 2.01. The van der Waals surface area contributed by atoms with Gasteiger partial charge in [-0.3, -0.25) is 0 Å². The van der Waals surface area contributed by atoms with Crippen molar-refractivity contribution in [1.82, 2.24) is 25.9 Å². The monoisotopic (exact) mass is 285 g/mol. The molecule has 2 rings (SSSR count). The summed E-state index contributed by atoms with van der Waals surface area (Å²) < 4.78 is 0. The van der Waals surface area contributed by atoms with Crippen LogP contribution in [-0.2, 0) is 6.54 Å². The Labute approximate surface area is 115 Å². The Bertz CT molecular complexity index is 500. The second-order valence-corrected chi connectivity index (χ2v) is 4.66. The Balaban J connectivity index is 2.05. The molecular weight excluding hydrogens is 273 g/mol. The van der Waals surface area contributed by atoms with Crippen LogP contribution in [0.15, 0.2) is 18.2 Å². The molecule has 0 fully saturated rings. The molecular formula is C11H13Cl2N5. The molecule has 5 nitrogen and oxygen atoms in total. The lowest BCUT2D eigenvalue weighted by Gasteiger charge is -2.16. The smallest absolute Gasteiger partial charge is 0.188 e. The minimum atomic E-state index is 0.179. The SMILES string of the molecule is CCC(NCc1nn[nH]n1)c1ccc(Cl)c(Cl)c1. The first-order valence-electron chi connectivity index (χ1n) is 5.61. The number of nitrogens with one attached hydrogen (secondary N) is 2. The van der Waals surface area contributed by atoms with Gasteiger partial charge in [-0.15, -0.1) is 10.2 Å². The third-order valence-electron chi connectivity index (χ3n) is 2.65. The van der Waals surface area contributed by atoms with E-state index in [-0.39, 0.29) is 6.04 Å². The molecule has 0 aliphatic heterocycles. The molecule has 1 aromatic heterocycles. The van der Waals surface area contributed by atoms with Crippen molar-refractivity contribution in [1.29, 1.82) is 0 Å². The average molecular weight is 286 g/mol.